The third-order valence-electron chi connectivity index (χ3n) is 1.24. The van der Waals surface area contributed by atoms with Gasteiger partial charge >= 0.3 is 5.97 Å². The van der Waals surface area contributed by atoms with Gasteiger partial charge in [0.05, 0.1) is 1.37 Å². The van der Waals surface area contributed by atoms with Gasteiger partial charge < -0.3 is 16.6 Å². The number of nitrogens with zero attached hydrogens (tertiary/aromatic N) is 2. The van der Waals surface area contributed by atoms with Crippen LogP contribution in [0.4, 0.5) is 0 Å². The fourth-order valence-electron chi connectivity index (χ4n) is 0.599. The first-order valence-corrected chi connectivity index (χ1v) is 3.80. The molecule has 9 nitrogen and oxygen atoms in total. The van der Waals surface area contributed by atoms with Gasteiger partial charge in [0, 0.05) is 7.92 Å². The van der Waals surface area contributed by atoms with Crippen molar-refractivity contribution in [3.8, 4) is 0 Å². The minimum Gasteiger partial charge on any atom is -0.480 e. The first kappa shape index (κ1) is 9.65. The van der Waals surface area contributed by atoms with Gasteiger partial charge in [-0.15, -0.1) is 0 Å². The number of nitro groups is 1. The molecule has 6 N–H and O–H groups in total. The normalized spacial score (nSPS) is 19.4. The van der Waals surface area contributed by atoms with Crippen LogP contribution in [0.3, 0.4) is 0 Å². The maximum absolute atomic E-state index is 10.5. The number of rotatable bonds is 6. The van der Waals surface area contributed by atoms with Crippen LogP contribution in [0, 0.1) is 10.1 Å². The van der Waals surface area contributed by atoms with Gasteiger partial charge in [-0.1, -0.05) is 5.43 Å². The molecule has 0 aromatic carbocycles. The number of guanidine groups is 1. The molecule has 0 aliphatic carbocycles. The quantitative estimate of drug-likeness (QED) is 0.179. The van der Waals surface area contributed by atoms with E-state index in [4.69, 9.17) is 19.3 Å². The summed E-state index contributed by atoms with van der Waals surface area (Å²) in [5.74, 6) is -2.06. The van der Waals surface area contributed by atoms with Crippen molar-refractivity contribution in [2.24, 2.45) is 16.5 Å². The van der Waals surface area contributed by atoms with Crippen LogP contribution < -0.4 is 16.9 Å². The molecule has 0 aliphatic rings. The minimum absolute atomic E-state index is 0.294. The van der Waals surface area contributed by atoms with E-state index in [1.54, 1.807) is 5.43 Å². The number of nitrogens with one attached hydrogen (secondary N) is 1. The van der Waals surface area contributed by atoms with E-state index in [1.165, 1.54) is 0 Å². The summed E-state index contributed by atoms with van der Waals surface area (Å²) >= 11 is 0. The number of hydrazine groups is 1. The van der Waals surface area contributed by atoms with Crippen LogP contribution in [0.1, 0.15) is 15.6 Å². The van der Waals surface area contributed by atoms with Gasteiger partial charge in [-0.3, -0.25) is 4.79 Å². The van der Waals surface area contributed by atoms with E-state index in [2.05, 4.69) is 4.99 Å². The second-order valence-electron chi connectivity index (χ2n) is 2.42. The number of carboxylic acid groups (broad SMARTS) is 1. The average Bonchev–Trinajstić information content (AvgIpc) is 2.12. The van der Waals surface area contributed by atoms with Gasteiger partial charge in [-0.2, -0.15) is 0 Å². The molecular weight excluding hydrogens is 206 g/mol. The molecule has 86 valence electrons. The summed E-state index contributed by atoms with van der Waals surface area (Å²) in [5, 5.41) is 17.5. The highest BCUT2D eigenvalue weighted by molar-refractivity contribution is 5.76. The molecule has 2 atom stereocenters. The molecular formula is C6H13N5O4. The van der Waals surface area contributed by atoms with Crippen LogP contribution in [0.2, 0.25) is 0 Å². The number of aliphatic imine (C=N–C) groups is 1. The van der Waals surface area contributed by atoms with Crippen LogP contribution >= 0.6 is 0 Å². The largest absolute Gasteiger partial charge is 0.480 e. The van der Waals surface area contributed by atoms with Crippen LogP contribution in [0.25, 0.3) is 0 Å². The number of carbonyl (C=O) groups is 1. The van der Waals surface area contributed by atoms with Crippen molar-refractivity contribution in [1.82, 2.24) is 5.43 Å². The summed E-state index contributed by atoms with van der Waals surface area (Å²) < 4.78 is 14.5. The molecule has 0 rings (SSSR count). The zero-order valence-electron chi connectivity index (χ0n) is 9.71. The Bertz CT molecular complexity index is 334. The zero-order valence-corrected chi connectivity index (χ0v) is 7.71. The molecule has 0 heterocycles. The van der Waals surface area contributed by atoms with Crippen LogP contribution in [0.15, 0.2) is 4.99 Å². The molecule has 0 radical (unpaired) electrons. The fraction of sp³-hybridized carbons (Fsp3) is 0.667. The highest BCUT2D eigenvalue weighted by atomic mass is 16.7. The van der Waals surface area contributed by atoms with Crippen LogP contribution in [-0.2, 0) is 4.79 Å². The van der Waals surface area contributed by atoms with Crippen molar-refractivity contribution in [2.45, 2.75) is 18.8 Å². The fourth-order valence-corrected chi connectivity index (χ4v) is 0.599. The molecule has 0 saturated carbocycles. The Labute approximate surface area is 88.1 Å². The van der Waals surface area contributed by atoms with Gasteiger partial charge in [0.25, 0.3) is 5.96 Å². The van der Waals surface area contributed by atoms with Crippen LogP contribution in [0.5, 0.6) is 0 Å². The monoisotopic (exact) mass is 221 g/mol. The number of hydrogen-bond acceptors (Lipinski definition) is 5. The van der Waals surface area contributed by atoms with Gasteiger partial charge in [0.2, 0.25) is 0 Å². The lowest BCUT2D eigenvalue weighted by atomic mass is 10.2. The Kier molecular flexibility index (Phi) is 4.21. The Hall–Kier alpha value is -1.90. The predicted molar refractivity (Wildman–Crippen MR) is 51.5 cm³/mol. The van der Waals surface area contributed by atoms with E-state index in [0.29, 0.717) is 0 Å². The molecule has 0 amide bonds. The number of nitrogens with two attached hydrogens (primary N) is 2. The Morgan fingerprint density at radius 2 is 2.47 bits per heavy atom. The maximum atomic E-state index is 10.5. The van der Waals surface area contributed by atoms with E-state index in [0.717, 1.165) is 0 Å². The molecule has 9 heteroatoms. The van der Waals surface area contributed by atoms with E-state index in [-0.39, 0.29) is 6.54 Å². The molecule has 0 aromatic heterocycles. The zero-order chi connectivity index (χ0) is 13.6. The Balaban J connectivity index is 4.24. The molecule has 0 fully saturated rings. The molecule has 0 spiro atoms. The van der Waals surface area contributed by atoms with E-state index in [1.807, 2.05) is 0 Å². The van der Waals surface area contributed by atoms with Gasteiger partial charge in [0.15, 0.2) is 5.03 Å². The summed E-state index contributed by atoms with van der Waals surface area (Å²) in [5.41, 5.74) is 11.7. The van der Waals surface area contributed by atoms with Gasteiger partial charge in [-0.25, -0.2) is 15.1 Å². The molecule has 0 saturated heterocycles. The van der Waals surface area contributed by atoms with Crippen molar-refractivity contribution in [1.29, 1.82) is 0 Å². The Morgan fingerprint density at radius 1 is 1.87 bits per heavy atom. The smallest absolute Gasteiger partial charge is 0.320 e. The lowest BCUT2D eigenvalue weighted by Gasteiger charge is -2.03. The highest BCUT2D eigenvalue weighted by Gasteiger charge is 2.09. The molecule has 15 heavy (non-hydrogen) atoms. The van der Waals surface area contributed by atoms with E-state index >= 15 is 0 Å². The van der Waals surface area contributed by atoms with Gasteiger partial charge in [-0.05, 0) is 12.8 Å². The third kappa shape index (κ3) is 7.19. The lowest BCUT2D eigenvalue weighted by molar-refractivity contribution is -0.525. The van der Waals surface area contributed by atoms with Gasteiger partial charge in [0.1, 0.15) is 6.02 Å². The van der Waals surface area contributed by atoms with Crippen molar-refractivity contribution < 1.29 is 17.7 Å². The first-order chi connectivity index (χ1) is 7.65. The SMILES string of the molecule is [2H]C(CN=C(N)N[N+](=O)[O-])C[C@]([2H])(N)C(=O)O. The second kappa shape index (κ2) is 6.54. The summed E-state index contributed by atoms with van der Waals surface area (Å²) in [6.45, 7) is -0.294. The van der Waals surface area contributed by atoms with Crippen LogP contribution in [-0.4, -0.2) is 34.6 Å². The third-order valence-corrected chi connectivity index (χ3v) is 1.24. The molecule has 1 unspecified atom stereocenters. The first-order valence-electron chi connectivity index (χ1n) is 4.88. The topological polar surface area (TPSA) is 157 Å². The minimum atomic E-state index is -2.28. The lowest BCUT2D eigenvalue weighted by Crippen LogP contribution is -2.36. The predicted octanol–water partition coefficient (Wildman–Crippen LogP) is -1.73. The van der Waals surface area contributed by atoms with Crippen molar-refractivity contribution in [2.75, 3.05) is 6.54 Å². The van der Waals surface area contributed by atoms with Crippen molar-refractivity contribution >= 4 is 11.9 Å². The molecule has 0 bridgehead atoms. The summed E-state index contributed by atoms with van der Waals surface area (Å²) in [4.78, 5) is 23.8. The van der Waals surface area contributed by atoms with E-state index < -0.39 is 35.8 Å². The molecule has 0 aliphatic heterocycles. The second-order valence-corrected chi connectivity index (χ2v) is 2.42. The number of hydrogen-bond donors (Lipinski definition) is 4. The number of aliphatic carboxylic acids is 1. The summed E-state index contributed by atoms with van der Waals surface area (Å²) in [6.07, 6.45) is -1.57. The molecule has 0 aromatic rings. The summed E-state index contributed by atoms with van der Waals surface area (Å²) in [6, 6.07) is -2.28. The summed E-state index contributed by atoms with van der Waals surface area (Å²) in [7, 11) is 0. The van der Waals surface area contributed by atoms with Crippen molar-refractivity contribution in [3.05, 3.63) is 10.1 Å². The van der Waals surface area contributed by atoms with Crippen molar-refractivity contribution in [3.63, 3.8) is 0 Å². The Morgan fingerprint density at radius 3 is 2.93 bits per heavy atom. The highest BCUT2D eigenvalue weighted by Crippen LogP contribution is 1.94. The van der Waals surface area contributed by atoms with E-state index in [9.17, 15) is 14.9 Å². The number of carboxylic acids is 1. The standard InChI is InChI=1S/C6H13N5O4/c7-4(5(12)13)2-1-3-9-6(8)10-11(14)15/h4H,1-3,7H2,(H,12,13)(H3,8,9,10)/t4-/m0/s1/i1D,4D/t1?,4-. The average molecular weight is 221 g/mol. The maximum Gasteiger partial charge on any atom is 0.320 e.